The summed E-state index contributed by atoms with van der Waals surface area (Å²) in [6, 6.07) is 7.48. The molecule has 172 valence electrons. The van der Waals surface area contributed by atoms with Gasteiger partial charge in [-0.05, 0) is 50.5 Å². The van der Waals surface area contributed by atoms with E-state index in [-0.39, 0.29) is 5.25 Å². The van der Waals surface area contributed by atoms with Gasteiger partial charge < -0.3 is 0 Å². The van der Waals surface area contributed by atoms with Gasteiger partial charge in [0, 0.05) is 35.4 Å². The van der Waals surface area contributed by atoms with Gasteiger partial charge in [-0.2, -0.15) is 5.10 Å². The Bertz CT molecular complexity index is 1090. The summed E-state index contributed by atoms with van der Waals surface area (Å²) in [4.78, 5) is 8.60. The zero-order valence-corrected chi connectivity index (χ0v) is 20.1. The highest BCUT2D eigenvalue weighted by Gasteiger charge is 2.35. The van der Waals surface area contributed by atoms with Crippen molar-refractivity contribution in [3.05, 3.63) is 67.4 Å². The zero-order valence-electron chi connectivity index (χ0n) is 19.3. The molecule has 0 amide bonds. The molecule has 8 heteroatoms. The number of nitrogens with zero attached hydrogens (tertiary/aromatic N) is 4. The summed E-state index contributed by atoms with van der Waals surface area (Å²) >= 11 is 0. The predicted molar refractivity (Wildman–Crippen MR) is 131 cm³/mol. The molecule has 1 aliphatic carbocycles. The maximum absolute atomic E-state index is 12.0. The number of sulfonamides is 1. The fraction of sp³-hybridized carbons (Fsp3) is 0.375. The van der Waals surface area contributed by atoms with E-state index in [4.69, 9.17) is 0 Å². The Kier molecular flexibility index (Phi) is 9.59. The van der Waals surface area contributed by atoms with Crippen molar-refractivity contribution in [2.75, 3.05) is 4.72 Å². The number of allylic oxidation sites excluding steroid dienone is 1. The van der Waals surface area contributed by atoms with Crippen LogP contribution < -0.4 is 4.72 Å². The molecule has 7 nitrogen and oxygen atoms in total. The first kappa shape index (κ1) is 25.3. The van der Waals surface area contributed by atoms with Crippen molar-refractivity contribution in [3.63, 3.8) is 0 Å². The van der Waals surface area contributed by atoms with E-state index < -0.39 is 10.0 Å². The van der Waals surface area contributed by atoms with Crippen LogP contribution in [-0.4, -0.2) is 33.4 Å². The molecule has 0 saturated heterocycles. The first-order valence-corrected chi connectivity index (χ1v) is 12.6. The molecular weight excluding hydrogens is 422 g/mol. The van der Waals surface area contributed by atoms with Crippen LogP contribution in [0.3, 0.4) is 0 Å². The van der Waals surface area contributed by atoms with Gasteiger partial charge in [0.05, 0.1) is 17.1 Å². The van der Waals surface area contributed by atoms with Gasteiger partial charge in [-0.3, -0.25) is 9.71 Å². The number of anilines is 1. The summed E-state index contributed by atoms with van der Waals surface area (Å²) in [6.07, 6.45) is 12.3. The van der Waals surface area contributed by atoms with Crippen molar-refractivity contribution in [1.29, 1.82) is 0 Å². The maximum atomic E-state index is 12.0. The Balaban J connectivity index is 0.000000671. The summed E-state index contributed by atoms with van der Waals surface area (Å²) in [6.45, 7) is 11.4. The van der Waals surface area contributed by atoms with E-state index in [1.165, 1.54) is 0 Å². The molecule has 0 spiro atoms. The minimum absolute atomic E-state index is 0.268. The van der Waals surface area contributed by atoms with Gasteiger partial charge >= 0.3 is 0 Å². The Morgan fingerprint density at radius 3 is 2.47 bits per heavy atom. The first-order valence-electron chi connectivity index (χ1n) is 11.0. The summed E-state index contributed by atoms with van der Waals surface area (Å²) in [5.41, 5.74) is 3.79. The summed E-state index contributed by atoms with van der Waals surface area (Å²) < 4.78 is 28.3. The highest BCUT2D eigenvalue weighted by Crippen LogP contribution is 2.29. The lowest BCUT2D eigenvalue weighted by atomic mass is 10.2. The number of aryl methyl sites for hydroxylation is 1. The third-order valence-corrected chi connectivity index (χ3v) is 6.30. The number of rotatable bonds is 7. The SMILES string of the molecule is C=CC.CC.CCCc1cc(-n2cc(-c3ccc(NS(=O)(=O)C4CC4)nc3)cn2)ccn1. The highest BCUT2D eigenvalue weighted by atomic mass is 32.2. The van der Waals surface area contributed by atoms with Crippen LogP contribution in [-0.2, 0) is 16.4 Å². The average molecular weight is 456 g/mol. The Morgan fingerprint density at radius 2 is 1.88 bits per heavy atom. The topological polar surface area (TPSA) is 89.8 Å². The molecule has 32 heavy (non-hydrogen) atoms. The molecule has 3 aromatic heterocycles. The minimum atomic E-state index is -3.29. The molecular formula is C24H33N5O2S. The van der Waals surface area contributed by atoms with E-state index in [1.54, 1.807) is 35.4 Å². The van der Waals surface area contributed by atoms with E-state index in [0.29, 0.717) is 5.82 Å². The van der Waals surface area contributed by atoms with Gasteiger partial charge in [0.15, 0.2) is 0 Å². The van der Waals surface area contributed by atoms with Crippen LogP contribution in [0.2, 0.25) is 0 Å². The Morgan fingerprint density at radius 1 is 1.16 bits per heavy atom. The van der Waals surface area contributed by atoms with Crippen LogP contribution >= 0.6 is 0 Å². The molecule has 1 fully saturated rings. The maximum Gasteiger partial charge on any atom is 0.236 e. The molecule has 0 atom stereocenters. The third kappa shape index (κ3) is 7.02. The third-order valence-electron chi connectivity index (χ3n) is 4.46. The summed E-state index contributed by atoms with van der Waals surface area (Å²) in [5, 5.41) is 4.16. The molecule has 1 aliphatic rings. The van der Waals surface area contributed by atoms with Crippen molar-refractivity contribution in [2.24, 2.45) is 0 Å². The molecule has 3 heterocycles. The van der Waals surface area contributed by atoms with Gasteiger partial charge in [-0.1, -0.05) is 33.3 Å². The summed E-state index contributed by atoms with van der Waals surface area (Å²) in [5.74, 6) is 0.344. The fourth-order valence-corrected chi connectivity index (χ4v) is 4.18. The number of hydrogen-bond donors (Lipinski definition) is 1. The largest absolute Gasteiger partial charge is 0.267 e. The lowest BCUT2D eigenvalue weighted by molar-refractivity contribution is 0.600. The minimum Gasteiger partial charge on any atom is -0.267 e. The van der Waals surface area contributed by atoms with Crippen LogP contribution in [0.4, 0.5) is 5.82 Å². The van der Waals surface area contributed by atoms with Crippen molar-refractivity contribution >= 4 is 15.8 Å². The molecule has 1 N–H and O–H groups in total. The van der Waals surface area contributed by atoms with E-state index in [1.807, 2.05) is 45.2 Å². The van der Waals surface area contributed by atoms with E-state index in [2.05, 4.69) is 33.3 Å². The van der Waals surface area contributed by atoms with Crippen molar-refractivity contribution in [2.45, 2.75) is 58.6 Å². The van der Waals surface area contributed by atoms with E-state index >= 15 is 0 Å². The molecule has 0 radical (unpaired) electrons. The molecule has 1 saturated carbocycles. The standard InChI is InChI=1S/C19H21N5O2S.C3H6.C2H6/c1-2-3-16-10-17(8-9-20-16)24-13-15(12-22-24)14-4-7-19(21-11-14)23-27(25,26)18-5-6-18;1-3-2;1-2/h4,7-13,18H,2-3,5-6H2,1H3,(H,21,23);3H,1H2,2H3;1-2H3. The van der Waals surface area contributed by atoms with Crippen LogP contribution in [0.15, 0.2) is 61.7 Å². The highest BCUT2D eigenvalue weighted by molar-refractivity contribution is 7.93. The van der Waals surface area contributed by atoms with Crippen LogP contribution in [0.25, 0.3) is 16.8 Å². The molecule has 0 unspecified atom stereocenters. The molecule has 0 bridgehead atoms. The lowest BCUT2D eigenvalue weighted by Crippen LogP contribution is -2.17. The molecule has 4 rings (SSSR count). The molecule has 0 aromatic carbocycles. The second-order valence-electron chi connectivity index (χ2n) is 7.12. The lowest BCUT2D eigenvalue weighted by Gasteiger charge is -2.06. The zero-order chi connectivity index (χ0) is 23.6. The quantitative estimate of drug-likeness (QED) is 0.482. The fourth-order valence-electron chi connectivity index (χ4n) is 2.85. The van der Waals surface area contributed by atoms with E-state index in [0.717, 1.165) is 48.2 Å². The number of pyridine rings is 2. The van der Waals surface area contributed by atoms with Crippen molar-refractivity contribution < 1.29 is 8.42 Å². The van der Waals surface area contributed by atoms with Crippen LogP contribution in [0.5, 0.6) is 0 Å². The molecule has 3 aromatic rings. The second kappa shape index (κ2) is 12.1. The number of aromatic nitrogens is 4. The van der Waals surface area contributed by atoms with E-state index in [9.17, 15) is 8.42 Å². The number of nitrogens with one attached hydrogen (secondary N) is 1. The molecule has 0 aliphatic heterocycles. The monoisotopic (exact) mass is 455 g/mol. The van der Waals surface area contributed by atoms with Crippen LogP contribution in [0, 0.1) is 0 Å². The Hall–Kier alpha value is -3.00. The van der Waals surface area contributed by atoms with Crippen molar-refractivity contribution in [1.82, 2.24) is 19.7 Å². The van der Waals surface area contributed by atoms with Gasteiger partial charge in [0.25, 0.3) is 0 Å². The average Bonchev–Trinajstić information content (AvgIpc) is 3.55. The van der Waals surface area contributed by atoms with Gasteiger partial charge in [-0.25, -0.2) is 18.1 Å². The van der Waals surface area contributed by atoms with Gasteiger partial charge in [0.1, 0.15) is 5.82 Å². The first-order chi connectivity index (χ1) is 15.5. The summed E-state index contributed by atoms with van der Waals surface area (Å²) in [7, 11) is -3.29. The van der Waals surface area contributed by atoms with Gasteiger partial charge in [0.2, 0.25) is 10.0 Å². The Labute approximate surface area is 191 Å². The number of hydrogen-bond acceptors (Lipinski definition) is 5. The predicted octanol–water partition coefficient (Wildman–Crippen LogP) is 5.40. The second-order valence-corrected chi connectivity index (χ2v) is 9.08. The normalized spacial score (nSPS) is 12.6. The van der Waals surface area contributed by atoms with Gasteiger partial charge in [-0.15, -0.1) is 6.58 Å². The van der Waals surface area contributed by atoms with Crippen molar-refractivity contribution in [3.8, 4) is 16.8 Å². The smallest absolute Gasteiger partial charge is 0.236 e. The van der Waals surface area contributed by atoms with Crippen LogP contribution in [0.1, 0.15) is 52.7 Å².